The number of nitrogens with one attached hydrogen (secondary N) is 1. The van der Waals surface area contributed by atoms with Crippen molar-refractivity contribution in [1.82, 2.24) is 29.7 Å². The quantitative estimate of drug-likeness (QED) is 0.341. The summed E-state index contributed by atoms with van der Waals surface area (Å²) in [5.41, 5.74) is 3.61. The van der Waals surface area contributed by atoms with E-state index < -0.39 is 15.8 Å². The molecule has 40 heavy (non-hydrogen) atoms. The number of nitrogens with zero attached hydrogens (tertiary/aromatic N) is 7. The van der Waals surface area contributed by atoms with Crippen molar-refractivity contribution in [2.45, 2.75) is 13.5 Å². The standard InChI is InChI=1S/C28H31FN8O2S/c1-20-27(34-28-31-10-8-26(33-28)21-5-4-9-30-17-21)16-24(18-32-20)37(40(3,38)39)23-7-6-22(25(29)15-23)19-36-13-11-35(2)12-14-36/h4-10,15-18H,11-14,19H2,1-3H3,(H,31,33,34). The summed E-state index contributed by atoms with van der Waals surface area (Å²) in [4.78, 5) is 21.8. The summed E-state index contributed by atoms with van der Waals surface area (Å²) in [6.07, 6.45) is 7.55. The van der Waals surface area contributed by atoms with Gasteiger partial charge in [0.1, 0.15) is 5.82 Å². The van der Waals surface area contributed by atoms with E-state index in [1.807, 2.05) is 12.1 Å². The maximum Gasteiger partial charge on any atom is 0.236 e. The van der Waals surface area contributed by atoms with E-state index in [0.717, 1.165) is 42.3 Å². The molecule has 4 aromatic rings. The molecule has 4 heterocycles. The van der Waals surface area contributed by atoms with E-state index in [0.29, 0.717) is 35.1 Å². The molecular formula is C28H31FN8O2S. The molecule has 1 aliphatic heterocycles. The molecule has 0 bridgehead atoms. The van der Waals surface area contributed by atoms with Crippen LogP contribution in [0, 0.1) is 12.7 Å². The molecule has 1 saturated heterocycles. The van der Waals surface area contributed by atoms with Crippen LogP contribution in [0.4, 0.5) is 27.4 Å². The van der Waals surface area contributed by atoms with Crippen molar-refractivity contribution in [1.29, 1.82) is 0 Å². The largest absolute Gasteiger partial charge is 0.322 e. The molecule has 208 valence electrons. The van der Waals surface area contributed by atoms with Gasteiger partial charge >= 0.3 is 0 Å². The number of aromatic nitrogens is 4. The van der Waals surface area contributed by atoms with Crippen LogP contribution in [0.1, 0.15) is 11.3 Å². The highest BCUT2D eigenvalue weighted by Crippen LogP contribution is 2.33. The van der Waals surface area contributed by atoms with Gasteiger partial charge in [0.05, 0.1) is 40.9 Å². The van der Waals surface area contributed by atoms with Crippen molar-refractivity contribution in [3.05, 3.63) is 84.3 Å². The fourth-order valence-corrected chi connectivity index (χ4v) is 5.52. The van der Waals surface area contributed by atoms with Crippen molar-refractivity contribution in [3.63, 3.8) is 0 Å². The SMILES string of the molecule is Cc1ncc(N(c2ccc(CN3CCN(C)CC3)c(F)c2)S(C)(=O)=O)cc1Nc1nccc(-c2cccnc2)n1. The maximum atomic E-state index is 15.2. The van der Waals surface area contributed by atoms with Crippen LogP contribution in [0.5, 0.6) is 0 Å². The van der Waals surface area contributed by atoms with Gasteiger partial charge in [-0.3, -0.25) is 14.9 Å². The second-order valence-corrected chi connectivity index (χ2v) is 11.7. The second kappa shape index (κ2) is 11.6. The Morgan fingerprint density at radius 3 is 2.50 bits per heavy atom. The molecule has 0 unspecified atom stereocenters. The van der Waals surface area contributed by atoms with Crippen LogP contribution in [-0.4, -0.2) is 77.6 Å². The number of aryl methyl sites for hydroxylation is 1. The van der Waals surface area contributed by atoms with Gasteiger partial charge in [-0.25, -0.2) is 27.1 Å². The highest BCUT2D eigenvalue weighted by atomic mass is 32.2. The Labute approximate surface area is 233 Å². The third-order valence-corrected chi connectivity index (χ3v) is 7.84. The molecule has 0 spiro atoms. The molecule has 0 radical (unpaired) electrons. The molecule has 0 amide bonds. The topological polar surface area (TPSA) is 107 Å². The lowest BCUT2D eigenvalue weighted by molar-refractivity contribution is 0.147. The number of benzene rings is 1. The predicted octanol–water partition coefficient (Wildman–Crippen LogP) is 3.97. The first-order valence-corrected chi connectivity index (χ1v) is 14.7. The normalized spacial score (nSPS) is 14.7. The zero-order valence-electron chi connectivity index (χ0n) is 22.6. The van der Waals surface area contributed by atoms with Gasteiger partial charge in [-0.05, 0) is 50.4 Å². The van der Waals surface area contributed by atoms with E-state index in [1.165, 1.54) is 12.3 Å². The Balaban J connectivity index is 1.42. The number of sulfonamides is 1. The van der Waals surface area contributed by atoms with Crippen molar-refractivity contribution < 1.29 is 12.8 Å². The van der Waals surface area contributed by atoms with Gasteiger partial charge in [-0.1, -0.05) is 6.07 Å². The van der Waals surface area contributed by atoms with Crippen LogP contribution >= 0.6 is 0 Å². The molecule has 1 N–H and O–H groups in total. The third-order valence-electron chi connectivity index (χ3n) is 6.76. The van der Waals surface area contributed by atoms with Gasteiger partial charge in [0.2, 0.25) is 16.0 Å². The van der Waals surface area contributed by atoms with E-state index in [4.69, 9.17) is 0 Å². The Morgan fingerprint density at radius 2 is 1.80 bits per heavy atom. The highest BCUT2D eigenvalue weighted by molar-refractivity contribution is 7.92. The molecule has 0 atom stereocenters. The summed E-state index contributed by atoms with van der Waals surface area (Å²) < 4.78 is 42.2. The van der Waals surface area contributed by atoms with Crippen LogP contribution in [0.3, 0.4) is 0 Å². The lowest BCUT2D eigenvalue weighted by Crippen LogP contribution is -2.44. The third kappa shape index (κ3) is 6.41. The summed E-state index contributed by atoms with van der Waals surface area (Å²) in [5.74, 6) is -0.141. The molecule has 3 aromatic heterocycles. The average Bonchev–Trinajstić information content (AvgIpc) is 2.93. The molecule has 1 fully saturated rings. The lowest BCUT2D eigenvalue weighted by Gasteiger charge is -2.32. The van der Waals surface area contributed by atoms with Gasteiger partial charge in [0.25, 0.3) is 0 Å². The Hall–Kier alpha value is -4.00. The zero-order valence-corrected chi connectivity index (χ0v) is 23.4. The minimum atomic E-state index is -3.83. The van der Waals surface area contributed by atoms with Crippen molar-refractivity contribution in [2.75, 3.05) is 49.1 Å². The van der Waals surface area contributed by atoms with E-state index in [9.17, 15) is 8.42 Å². The van der Waals surface area contributed by atoms with Gasteiger partial charge in [0, 0.05) is 62.4 Å². The fourth-order valence-electron chi connectivity index (χ4n) is 4.54. The summed E-state index contributed by atoms with van der Waals surface area (Å²) in [7, 11) is -1.77. The van der Waals surface area contributed by atoms with Crippen molar-refractivity contribution >= 4 is 33.0 Å². The molecule has 10 nitrogen and oxygen atoms in total. The Bertz CT molecular complexity index is 1600. The van der Waals surface area contributed by atoms with Crippen LogP contribution in [-0.2, 0) is 16.6 Å². The minimum Gasteiger partial charge on any atom is -0.322 e. The summed E-state index contributed by atoms with van der Waals surface area (Å²) in [6.45, 7) is 5.82. The van der Waals surface area contributed by atoms with E-state index in [-0.39, 0.29) is 11.4 Å². The maximum absolute atomic E-state index is 15.2. The highest BCUT2D eigenvalue weighted by Gasteiger charge is 2.23. The molecule has 5 rings (SSSR count). The molecule has 1 aromatic carbocycles. The van der Waals surface area contributed by atoms with Crippen LogP contribution in [0.15, 0.2) is 67.3 Å². The Morgan fingerprint density at radius 1 is 1.00 bits per heavy atom. The second-order valence-electron chi connectivity index (χ2n) is 9.84. The molecule has 0 aliphatic carbocycles. The fraction of sp³-hybridized carbons (Fsp3) is 0.286. The number of piperazine rings is 1. The summed E-state index contributed by atoms with van der Waals surface area (Å²) in [5, 5.41) is 3.14. The monoisotopic (exact) mass is 562 g/mol. The van der Waals surface area contributed by atoms with Crippen molar-refractivity contribution in [3.8, 4) is 11.3 Å². The van der Waals surface area contributed by atoms with E-state index >= 15 is 4.39 Å². The van der Waals surface area contributed by atoms with Crippen LogP contribution < -0.4 is 9.62 Å². The summed E-state index contributed by atoms with van der Waals surface area (Å²) in [6, 6.07) is 11.7. The number of rotatable bonds is 8. The van der Waals surface area contributed by atoms with Gasteiger partial charge in [0.15, 0.2) is 0 Å². The zero-order chi connectivity index (χ0) is 28.3. The molecular weight excluding hydrogens is 531 g/mol. The molecule has 12 heteroatoms. The van der Waals surface area contributed by atoms with Crippen LogP contribution in [0.2, 0.25) is 0 Å². The van der Waals surface area contributed by atoms with Gasteiger partial charge in [-0.15, -0.1) is 0 Å². The minimum absolute atomic E-state index is 0.188. The first-order chi connectivity index (χ1) is 19.2. The number of likely N-dealkylation sites (N-methyl/N-ethyl adjacent to an activating group) is 1. The average molecular weight is 563 g/mol. The van der Waals surface area contributed by atoms with E-state index in [2.05, 4.69) is 42.1 Å². The summed E-state index contributed by atoms with van der Waals surface area (Å²) >= 11 is 0. The first kappa shape index (κ1) is 27.6. The van der Waals surface area contributed by atoms with Crippen molar-refractivity contribution in [2.24, 2.45) is 0 Å². The predicted molar refractivity (Wildman–Crippen MR) is 154 cm³/mol. The van der Waals surface area contributed by atoms with Gasteiger partial charge in [-0.2, -0.15) is 0 Å². The van der Waals surface area contributed by atoms with Gasteiger partial charge < -0.3 is 10.2 Å². The van der Waals surface area contributed by atoms with E-state index in [1.54, 1.807) is 49.8 Å². The number of hydrogen-bond acceptors (Lipinski definition) is 9. The number of pyridine rings is 2. The smallest absolute Gasteiger partial charge is 0.236 e. The number of hydrogen-bond donors (Lipinski definition) is 1. The number of anilines is 4. The lowest BCUT2D eigenvalue weighted by atomic mass is 10.1. The Kier molecular flexibility index (Phi) is 8.01. The number of halogens is 1. The molecule has 1 aliphatic rings. The molecule has 0 saturated carbocycles. The first-order valence-electron chi connectivity index (χ1n) is 12.8. The van der Waals surface area contributed by atoms with Crippen LogP contribution in [0.25, 0.3) is 11.3 Å².